The van der Waals surface area contributed by atoms with Crippen molar-refractivity contribution in [3.8, 4) is 22.5 Å². The van der Waals surface area contributed by atoms with E-state index in [0.717, 1.165) is 40.4 Å². The summed E-state index contributed by atoms with van der Waals surface area (Å²) in [4.78, 5) is 5.83. The molecule has 0 radical (unpaired) electrons. The molecule has 5 heteroatoms. The number of benzene rings is 1. The van der Waals surface area contributed by atoms with Gasteiger partial charge in [-0.2, -0.15) is 10.4 Å². The molecule has 0 saturated carbocycles. The maximum absolute atomic E-state index is 9.77. The number of thiophene rings is 1. The molecule has 4 nitrogen and oxygen atoms in total. The molecule has 120 valence electrons. The van der Waals surface area contributed by atoms with Crippen molar-refractivity contribution in [3.63, 3.8) is 0 Å². The Morgan fingerprint density at radius 1 is 1.17 bits per heavy atom. The third-order valence-corrected chi connectivity index (χ3v) is 5.91. The standard InChI is InChI=1S/C19H18N4S/c1-13-7-5-6-8-14(13)18-21-12-22-23(18)19-16(11-20)15-9-3-2-4-10-17(15)24-19/h5-8,12H,2-4,9-10H2,1H3. The van der Waals surface area contributed by atoms with Crippen molar-refractivity contribution >= 4 is 11.3 Å². The lowest BCUT2D eigenvalue weighted by atomic mass is 10.1. The number of nitrogens with zero attached hydrogens (tertiary/aromatic N) is 4. The van der Waals surface area contributed by atoms with E-state index in [1.807, 2.05) is 16.8 Å². The van der Waals surface area contributed by atoms with E-state index in [1.54, 1.807) is 17.7 Å². The number of aromatic nitrogens is 3. The number of aryl methyl sites for hydroxylation is 2. The van der Waals surface area contributed by atoms with Crippen LogP contribution in [0, 0.1) is 18.3 Å². The number of hydrogen-bond donors (Lipinski definition) is 0. The number of rotatable bonds is 2. The minimum absolute atomic E-state index is 0.789. The molecule has 0 amide bonds. The average molecular weight is 334 g/mol. The van der Waals surface area contributed by atoms with E-state index in [9.17, 15) is 5.26 Å². The van der Waals surface area contributed by atoms with Crippen LogP contribution in [0.2, 0.25) is 0 Å². The van der Waals surface area contributed by atoms with E-state index in [0.29, 0.717) is 0 Å². The normalized spacial score (nSPS) is 14.0. The predicted octanol–water partition coefficient (Wildman–Crippen LogP) is 4.44. The van der Waals surface area contributed by atoms with Gasteiger partial charge in [-0.3, -0.25) is 0 Å². The van der Waals surface area contributed by atoms with Gasteiger partial charge in [0, 0.05) is 10.4 Å². The van der Waals surface area contributed by atoms with E-state index in [-0.39, 0.29) is 0 Å². The van der Waals surface area contributed by atoms with Crippen LogP contribution in [0.4, 0.5) is 0 Å². The second-order valence-corrected chi connectivity index (χ2v) is 7.25. The zero-order valence-electron chi connectivity index (χ0n) is 13.6. The van der Waals surface area contributed by atoms with Crippen LogP contribution in [0.1, 0.15) is 40.8 Å². The highest BCUT2D eigenvalue weighted by molar-refractivity contribution is 7.15. The largest absolute Gasteiger partial charge is 0.215 e. The first-order valence-corrected chi connectivity index (χ1v) is 9.12. The van der Waals surface area contributed by atoms with E-state index in [2.05, 4.69) is 35.2 Å². The van der Waals surface area contributed by atoms with E-state index >= 15 is 0 Å². The van der Waals surface area contributed by atoms with Gasteiger partial charge in [-0.25, -0.2) is 9.67 Å². The molecule has 1 aliphatic rings. The molecule has 1 aromatic carbocycles. The molecule has 0 unspecified atom stereocenters. The average Bonchev–Trinajstić information content (AvgIpc) is 3.13. The fraction of sp³-hybridized carbons (Fsp3) is 0.316. The van der Waals surface area contributed by atoms with Gasteiger partial charge in [0.2, 0.25) is 0 Å². The highest BCUT2D eigenvalue weighted by atomic mass is 32.1. The lowest BCUT2D eigenvalue weighted by molar-refractivity contribution is 0.712. The van der Waals surface area contributed by atoms with Crippen molar-refractivity contribution in [2.45, 2.75) is 39.0 Å². The quantitative estimate of drug-likeness (QED) is 0.651. The van der Waals surface area contributed by atoms with Gasteiger partial charge in [0.25, 0.3) is 0 Å². The molecule has 4 rings (SSSR count). The van der Waals surface area contributed by atoms with Crippen molar-refractivity contribution in [1.29, 1.82) is 5.26 Å². The molecule has 0 aliphatic heterocycles. The summed E-state index contributed by atoms with van der Waals surface area (Å²) >= 11 is 1.71. The van der Waals surface area contributed by atoms with Crippen LogP contribution in [0.25, 0.3) is 16.4 Å². The highest BCUT2D eigenvalue weighted by Crippen LogP contribution is 2.37. The SMILES string of the molecule is Cc1ccccc1-c1ncnn1-c1sc2c(c1C#N)CCCCC2. The smallest absolute Gasteiger partial charge is 0.164 e. The monoisotopic (exact) mass is 334 g/mol. The molecule has 24 heavy (non-hydrogen) atoms. The van der Waals surface area contributed by atoms with E-state index in [4.69, 9.17) is 0 Å². The fourth-order valence-corrected chi connectivity index (χ4v) is 4.69. The Balaban J connectivity index is 1.89. The van der Waals surface area contributed by atoms with Gasteiger partial charge in [-0.15, -0.1) is 11.3 Å². The van der Waals surface area contributed by atoms with E-state index in [1.165, 1.54) is 29.7 Å². The Kier molecular flexibility index (Phi) is 3.91. The van der Waals surface area contributed by atoms with Crippen LogP contribution in [-0.4, -0.2) is 14.8 Å². The van der Waals surface area contributed by atoms with E-state index < -0.39 is 0 Å². The minimum atomic E-state index is 0.789. The van der Waals surface area contributed by atoms with Crippen LogP contribution >= 0.6 is 11.3 Å². The first-order chi connectivity index (χ1) is 11.8. The zero-order valence-corrected chi connectivity index (χ0v) is 14.4. The summed E-state index contributed by atoms with van der Waals surface area (Å²) in [5.41, 5.74) is 4.24. The van der Waals surface area contributed by atoms with Crippen molar-refractivity contribution in [3.05, 3.63) is 52.2 Å². The molecule has 0 atom stereocenters. The summed E-state index contributed by atoms with van der Waals surface area (Å²) in [5, 5.41) is 15.1. The maximum Gasteiger partial charge on any atom is 0.164 e. The van der Waals surface area contributed by atoms with Gasteiger partial charge in [0.1, 0.15) is 17.4 Å². The minimum Gasteiger partial charge on any atom is -0.215 e. The summed E-state index contributed by atoms with van der Waals surface area (Å²) in [7, 11) is 0. The molecule has 0 N–H and O–H groups in total. The first kappa shape index (κ1) is 15.1. The first-order valence-electron chi connectivity index (χ1n) is 8.30. The summed E-state index contributed by atoms with van der Waals surface area (Å²) < 4.78 is 1.85. The van der Waals surface area contributed by atoms with Gasteiger partial charge in [-0.05, 0) is 43.7 Å². The molecule has 0 saturated heterocycles. The topological polar surface area (TPSA) is 54.5 Å². The third kappa shape index (κ3) is 2.44. The van der Waals surface area contributed by atoms with Crippen LogP contribution in [0.5, 0.6) is 0 Å². The van der Waals surface area contributed by atoms with Crippen LogP contribution < -0.4 is 0 Å². The van der Waals surface area contributed by atoms with Gasteiger partial charge in [-0.1, -0.05) is 30.7 Å². The van der Waals surface area contributed by atoms with Gasteiger partial charge in [0.15, 0.2) is 5.82 Å². The second kappa shape index (κ2) is 6.21. The molecular formula is C19H18N4S. The summed E-state index contributed by atoms with van der Waals surface area (Å²) in [6, 6.07) is 10.6. The van der Waals surface area contributed by atoms with Gasteiger partial charge >= 0.3 is 0 Å². The molecule has 1 aliphatic carbocycles. The Morgan fingerprint density at radius 2 is 2.00 bits per heavy atom. The summed E-state index contributed by atoms with van der Waals surface area (Å²) in [5.74, 6) is 0.806. The zero-order chi connectivity index (χ0) is 16.5. The summed E-state index contributed by atoms with van der Waals surface area (Å²) in [6.07, 6.45) is 7.28. The molecule has 2 heterocycles. The predicted molar refractivity (Wildman–Crippen MR) is 95.4 cm³/mol. The maximum atomic E-state index is 9.77. The van der Waals surface area contributed by atoms with Crippen LogP contribution in [-0.2, 0) is 12.8 Å². The lowest BCUT2D eigenvalue weighted by Crippen LogP contribution is -2.01. The fourth-order valence-electron chi connectivity index (χ4n) is 3.39. The number of fused-ring (bicyclic) bond motifs is 1. The lowest BCUT2D eigenvalue weighted by Gasteiger charge is -2.07. The Bertz CT molecular complexity index is 929. The molecule has 3 aromatic rings. The molecular weight excluding hydrogens is 316 g/mol. The van der Waals surface area contributed by atoms with Crippen molar-refractivity contribution in [2.75, 3.05) is 0 Å². The van der Waals surface area contributed by atoms with Crippen LogP contribution in [0.15, 0.2) is 30.6 Å². The molecule has 0 bridgehead atoms. The Labute approximate surface area is 145 Å². The van der Waals surface area contributed by atoms with Gasteiger partial charge < -0.3 is 0 Å². The Hall–Kier alpha value is -2.45. The van der Waals surface area contributed by atoms with Gasteiger partial charge in [0.05, 0.1) is 5.56 Å². The highest BCUT2D eigenvalue weighted by Gasteiger charge is 2.23. The third-order valence-electron chi connectivity index (χ3n) is 4.64. The number of nitriles is 1. The van der Waals surface area contributed by atoms with Crippen molar-refractivity contribution in [1.82, 2.24) is 14.8 Å². The van der Waals surface area contributed by atoms with Crippen molar-refractivity contribution < 1.29 is 0 Å². The Morgan fingerprint density at radius 3 is 2.83 bits per heavy atom. The van der Waals surface area contributed by atoms with Crippen LogP contribution in [0.3, 0.4) is 0 Å². The second-order valence-electron chi connectivity index (χ2n) is 6.17. The van der Waals surface area contributed by atoms with Crippen molar-refractivity contribution in [2.24, 2.45) is 0 Å². The summed E-state index contributed by atoms with van der Waals surface area (Å²) in [6.45, 7) is 2.07. The number of hydrogen-bond acceptors (Lipinski definition) is 4. The molecule has 2 aromatic heterocycles. The molecule has 0 fully saturated rings. The molecule has 0 spiro atoms.